The molecule has 0 aliphatic carbocycles. The van der Waals surface area contributed by atoms with Gasteiger partial charge in [0.05, 0.1) is 12.1 Å². The Morgan fingerprint density at radius 3 is 2.88 bits per heavy atom. The van der Waals surface area contributed by atoms with E-state index in [1.165, 1.54) is 11.8 Å². The first kappa shape index (κ1) is 16.4. The van der Waals surface area contributed by atoms with E-state index >= 15 is 0 Å². The summed E-state index contributed by atoms with van der Waals surface area (Å²) < 4.78 is 12.1. The van der Waals surface area contributed by atoms with Crippen molar-refractivity contribution in [1.29, 1.82) is 0 Å². The molecule has 2 heterocycles. The Labute approximate surface area is 157 Å². The smallest absolute Gasteiger partial charge is 0.277 e. The number of ether oxygens (including phenoxy) is 1. The van der Waals surface area contributed by atoms with Crippen LogP contribution in [0.25, 0.3) is 20.9 Å². The molecule has 0 atom stereocenters. The molecule has 126 valence electrons. The molecule has 4 nitrogen and oxygen atoms in total. The van der Waals surface area contributed by atoms with Gasteiger partial charge in [0, 0.05) is 15.8 Å². The standard InChI is InChI=1S/C18H13ClN2O2S2/c1-22-12-6-4-5-11(9-12)10-24-18-21-20-17(23-18)16-15(19)13-7-2-3-8-14(13)25-16/h2-9H,10H2,1H3. The monoisotopic (exact) mass is 388 g/mol. The number of benzene rings is 2. The average Bonchev–Trinajstić information content (AvgIpc) is 3.25. The maximum absolute atomic E-state index is 6.47. The number of methoxy groups -OCH3 is 1. The van der Waals surface area contributed by atoms with Crippen molar-refractivity contribution in [2.75, 3.05) is 7.11 Å². The summed E-state index contributed by atoms with van der Waals surface area (Å²) in [5, 5.41) is 10.5. The van der Waals surface area contributed by atoms with Gasteiger partial charge in [-0.3, -0.25) is 0 Å². The lowest BCUT2D eigenvalue weighted by Gasteiger charge is -2.02. The molecule has 0 aliphatic rings. The molecule has 0 fully saturated rings. The largest absolute Gasteiger partial charge is 0.497 e. The lowest BCUT2D eigenvalue weighted by atomic mass is 10.2. The first-order valence-corrected chi connectivity index (χ1v) is 9.69. The van der Waals surface area contributed by atoms with Gasteiger partial charge in [0.1, 0.15) is 10.6 Å². The van der Waals surface area contributed by atoms with Crippen LogP contribution in [-0.4, -0.2) is 17.3 Å². The number of thiophene rings is 1. The fraction of sp³-hybridized carbons (Fsp3) is 0.111. The molecule has 0 N–H and O–H groups in total. The van der Waals surface area contributed by atoms with Gasteiger partial charge in [0.15, 0.2) is 0 Å². The Balaban J connectivity index is 1.54. The maximum atomic E-state index is 6.47. The van der Waals surface area contributed by atoms with E-state index in [0.29, 0.717) is 16.1 Å². The molecule has 25 heavy (non-hydrogen) atoms. The van der Waals surface area contributed by atoms with E-state index in [1.54, 1.807) is 18.4 Å². The Hall–Kier alpha value is -2.02. The number of halogens is 1. The number of hydrogen-bond acceptors (Lipinski definition) is 6. The third kappa shape index (κ3) is 3.38. The van der Waals surface area contributed by atoms with Gasteiger partial charge in [-0.05, 0) is 23.8 Å². The quantitative estimate of drug-likeness (QED) is 0.398. The van der Waals surface area contributed by atoms with Crippen molar-refractivity contribution in [2.24, 2.45) is 0 Å². The summed E-state index contributed by atoms with van der Waals surface area (Å²) in [5.74, 6) is 2.01. The Bertz CT molecular complexity index is 1030. The lowest BCUT2D eigenvalue weighted by molar-refractivity contribution is 0.414. The van der Waals surface area contributed by atoms with Gasteiger partial charge in [-0.15, -0.1) is 21.5 Å². The molecule has 0 amide bonds. The topological polar surface area (TPSA) is 48.2 Å². The zero-order chi connectivity index (χ0) is 17.2. The molecule has 0 spiro atoms. The summed E-state index contributed by atoms with van der Waals surface area (Å²) in [7, 11) is 1.66. The number of thioether (sulfide) groups is 1. The molecular weight excluding hydrogens is 376 g/mol. The highest BCUT2D eigenvalue weighted by molar-refractivity contribution is 7.98. The summed E-state index contributed by atoms with van der Waals surface area (Å²) in [6, 6.07) is 15.9. The Morgan fingerprint density at radius 1 is 1.16 bits per heavy atom. The molecule has 4 aromatic rings. The average molecular weight is 389 g/mol. The van der Waals surface area contributed by atoms with Crippen molar-refractivity contribution in [3.05, 3.63) is 59.1 Å². The lowest BCUT2D eigenvalue weighted by Crippen LogP contribution is -1.85. The number of hydrogen-bond donors (Lipinski definition) is 0. The molecule has 2 aromatic carbocycles. The van der Waals surface area contributed by atoms with Crippen LogP contribution in [0.15, 0.2) is 58.2 Å². The minimum atomic E-state index is 0.458. The molecule has 0 aliphatic heterocycles. The second-order valence-electron chi connectivity index (χ2n) is 5.25. The molecule has 0 radical (unpaired) electrons. The summed E-state index contributed by atoms with van der Waals surface area (Å²) in [5.41, 5.74) is 1.13. The van der Waals surface area contributed by atoms with Crippen molar-refractivity contribution < 1.29 is 9.15 Å². The van der Waals surface area contributed by atoms with Gasteiger partial charge in [0.25, 0.3) is 11.1 Å². The van der Waals surface area contributed by atoms with Crippen LogP contribution < -0.4 is 4.74 Å². The van der Waals surface area contributed by atoms with E-state index in [1.807, 2.05) is 48.5 Å². The van der Waals surface area contributed by atoms with Crippen LogP contribution in [0.2, 0.25) is 5.02 Å². The second kappa shape index (κ2) is 7.07. The minimum absolute atomic E-state index is 0.458. The zero-order valence-electron chi connectivity index (χ0n) is 13.2. The van der Waals surface area contributed by atoms with Crippen LogP contribution in [0.4, 0.5) is 0 Å². The van der Waals surface area contributed by atoms with E-state index < -0.39 is 0 Å². The third-order valence-electron chi connectivity index (χ3n) is 3.63. The van der Waals surface area contributed by atoms with Crippen molar-refractivity contribution in [1.82, 2.24) is 10.2 Å². The number of fused-ring (bicyclic) bond motifs is 1. The van der Waals surface area contributed by atoms with Gasteiger partial charge in [0.2, 0.25) is 0 Å². The summed E-state index contributed by atoms with van der Waals surface area (Å²) in [6.45, 7) is 0. The second-order valence-corrected chi connectivity index (χ2v) is 7.61. The molecule has 0 bridgehead atoms. The number of aromatic nitrogens is 2. The van der Waals surface area contributed by atoms with Crippen LogP contribution >= 0.6 is 34.7 Å². The van der Waals surface area contributed by atoms with Crippen molar-refractivity contribution in [3.63, 3.8) is 0 Å². The van der Waals surface area contributed by atoms with Gasteiger partial charge < -0.3 is 9.15 Å². The molecule has 0 saturated heterocycles. The van der Waals surface area contributed by atoms with Gasteiger partial charge >= 0.3 is 0 Å². The molecule has 0 saturated carbocycles. The number of rotatable bonds is 5. The van der Waals surface area contributed by atoms with Crippen LogP contribution in [-0.2, 0) is 5.75 Å². The third-order valence-corrected chi connectivity index (χ3v) is 6.19. The van der Waals surface area contributed by atoms with Crippen LogP contribution in [0.3, 0.4) is 0 Å². The van der Waals surface area contributed by atoms with E-state index in [-0.39, 0.29) is 0 Å². The van der Waals surface area contributed by atoms with E-state index in [4.69, 9.17) is 20.8 Å². The fourth-order valence-electron chi connectivity index (χ4n) is 2.42. The number of nitrogens with zero attached hydrogens (tertiary/aromatic N) is 2. The summed E-state index contributed by atoms with van der Waals surface area (Å²) in [6.07, 6.45) is 0. The summed E-state index contributed by atoms with van der Waals surface area (Å²) in [4.78, 5) is 0.809. The molecular formula is C18H13ClN2O2S2. The minimum Gasteiger partial charge on any atom is -0.497 e. The first-order valence-electron chi connectivity index (χ1n) is 7.51. The van der Waals surface area contributed by atoms with Crippen LogP contribution in [0, 0.1) is 0 Å². The highest BCUT2D eigenvalue weighted by atomic mass is 35.5. The summed E-state index contributed by atoms with van der Waals surface area (Å²) >= 11 is 9.51. The molecule has 2 aromatic heterocycles. The Morgan fingerprint density at radius 2 is 2.04 bits per heavy atom. The Kier molecular flexibility index (Phi) is 4.65. The molecule has 0 unspecified atom stereocenters. The van der Waals surface area contributed by atoms with Gasteiger partial charge in [-0.1, -0.05) is 53.7 Å². The predicted molar refractivity (Wildman–Crippen MR) is 103 cm³/mol. The van der Waals surface area contributed by atoms with Crippen LogP contribution in [0.1, 0.15) is 5.56 Å². The molecule has 4 rings (SSSR count). The molecule has 7 heteroatoms. The SMILES string of the molecule is COc1cccc(CSc2nnc(-c3sc4ccccc4c3Cl)o2)c1. The van der Waals surface area contributed by atoms with Crippen molar-refractivity contribution in [3.8, 4) is 16.5 Å². The van der Waals surface area contributed by atoms with Crippen molar-refractivity contribution in [2.45, 2.75) is 11.0 Å². The van der Waals surface area contributed by atoms with Crippen molar-refractivity contribution >= 4 is 44.8 Å². The van der Waals surface area contributed by atoms with E-state index in [2.05, 4.69) is 10.2 Å². The van der Waals surface area contributed by atoms with E-state index in [0.717, 1.165) is 32.0 Å². The normalized spacial score (nSPS) is 11.1. The highest BCUT2D eigenvalue weighted by Crippen LogP contribution is 2.41. The van der Waals surface area contributed by atoms with Gasteiger partial charge in [-0.2, -0.15) is 0 Å². The zero-order valence-corrected chi connectivity index (χ0v) is 15.6. The maximum Gasteiger partial charge on any atom is 0.277 e. The van der Waals surface area contributed by atoms with E-state index in [9.17, 15) is 0 Å². The van der Waals surface area contributed by atoms with Gasteiger partial charge in [-0.25, -0.2) is 0 Å². The highest BCUT2D eigenvalue weighted by Gasteiger charge is 2.17. The fourth-order valence-corrected chi connectivity index (χ4v) is 4.56. The first-order chi connectivity index (χ1) is 12.2. The van der Waals surface area contributed by atoms with Crippen LogP contribution in [0.5, 0.6) is 5.75 Å². The predicted octanol–water partition coefficient (Wildman–Crippen LogP) is 5.91.